The highest BCUT2D eigenvalue weighted by atomic mass is 19.4. The summed E-state index contributed by atoms with van der Waals surface area (Å²) in [7, 11) is 0. The van der Waals surface area contributed by atoms with Crippen LogP contribution in [-0.2, 0) is 14.4 Å². The van der Waals surface area contributed by atoms with Crippen molar-refractivity contribution in [3.8, 4) is 11.5 Å². The van der Waals surface area contributed by atoms with Crippen LogP contribution >= 0.6 is 0 Å². The number of aromatic nitrogens is 2. The van der Waals surface area contributed by atoms with Gasteiger partial charge in [-0.2, -0.15) is 13.2 Å². The summed E-state index contributed by atoms with van der Waals surface area (Å²) in [6.07, 6.45) is -4.98. The zero-order chi connectivity index (χ0) is 29.5. The molecule has 0 bridgehead atoms. The molecule has 2 heterocycles. The van der Waals surface area contributed by atoms with E-state index < -0.39 is 36.4 Å². The number of carbonyl (C=O) groups excluding carboxylic acids is 2. The van der Waals surface area contributed by atoms with Crippen LogP contribution in [0, 0.1) is 11.8 Å². The van der Waals surface area contributed by atoms with E-state index >= 15 is 0 Å². The molecule has 1 aliphatic rings. The van der Waals surface area contributed by atoms with Gasteiger partial charge in [-0.25, -0.2) is 4.79 Å². The van der Waals surface area contributed by atoms with Crippen LogP contribution in [0.25, 0.3) is 11.5 Å². The van der Waals surface area contributed by atoms with E-state index in [-0.39, 0.29) is 29.5 Å². The van der Waals surface area contributed by atoms with Gasteiger partial charge < -0.3 is 30.6 Å². The predicted octanol–water partition coefficient (Wildman–Crippen LogP) is 2.52. The number of halogens is 3. The molecule has 1 fully saturated rings. The molecular formula is C25H34F3N5O6. The summed E-state index contributed by atoms with van der Waals surface area (Å²) in [4.78, 5) is 36.3. The maximum Gasteiger partial charge on any atom is 0.490 e. The number of aliphatic carboxylic acids is 1. The lowest BCUT2D eigenvalue weighted by Crippen LogP contribution is -2.55. The minimum atomic E-state index is -5.08. The second-order valence-electron chi connectivity index (χ2n) is 9.80. The third-order valence-electron chi connectivity index (χ3n) is 6.17. The van der Waals surface area contributed by atoms with E-state index in [0.29, 0.717) is 18.9 Å². The molecule has 5 N–H and O–H groups in total. The highest BCUT2D eigenvalue weighted by molar-refractivity contribution is 5.90. The van der Waals surface area contributed by atoms with E-state index in [2.05, 4.69) is 15.5 Å². The van der Waals surface area contributed by atoms with Crippen molar-refractivity contribution in [1.82, 2.24) is 20.4 Å². The Kier molecular flexibility index (Phi) is 11.0. The first kappa shape index (κ1) is 31.7. The number of carbonyl (C=O) groups is 3. The van der Waals surface area contributed by atoms with E-state index in [1.807, 2.05) is 58.0 Å². The van der Waals surface area contributed by atoms with Crippen molar-refractivity contribution >= 4 is 17.8 Å². The predicted molar refractivity (Wildman–Crippen MR) is 133 cm³/mol. The highest BCUT2D eigenvalue weighted by Gasteiger charge is 2.40. The van der Waals surface area contributed by atoms with Crippen molar-refractivity contribution in [3.63, 3.8) is 0 Å². The van der Waals surface area contributed by atoms with Crippen molar-refractivity contribution in [2.75, 3.05) is 6.54 Å². The second-order valence-corrected chi connectivity index (χ2v) is 9.80. The lowest BCUT2D eigenvalue weighted by atomic mass is 9.97. The van der Waals surface area contributed by atoms with Crippen LogP contribution in [0.15, 0.2) is 34.7 Å². The van der Waals surface area contributed by atoms with Crippen molar-refractivity contribution in [3.05, 3.63) is 36.2 Å². The number of aliphatic hydroxyl groups excluding tert-OH is 1. The van der Waals surface area contributed by atoms with Crippen molar-refractivity contribution in [2.45, 2.75) is 70.9 Å². The Morgan fingerprint density at radius 3 is 2.21 bits per heavy atom. The van der Waals surface area contributed by atoms with Gasteiger partial charge in [-0.05, 0) is 36.8 Å². The Hall–Kier alpha value is -3.52. The number of alkyl halides is 3. The van der Waals surface area contributed by atoms with E-state index in [9.17, 15) is 27.9 Å². The zero-order valence-electron chi connectivity index (χ0n) is 22.1. The molecule has 39 heavy (non-hydrogen) atoms. The molecule has 11 nitrogen and oxygen atoms in total. The number of hydrogen-bond donors (Lipinski definition) is 4. The molecule has 0 spiro atoms. The fraction of sp³-hybridized carbons (Fsp3) is 0.560. The molecule has 0 radical (unpaired) electrons. The number of rotatable bonds is 8. The standard InChI is InChI=1S/C23H33N5O4.C2HF3O2/c1-13(2)17(24)23(31)28-12-8-11-16(28)20(30)25-18(14(3)4)19(29)22-27-26-21(32-22)15-9-6-5-7-10-15;3-2(4,5)1(6)7/h5-7,9-10,13-14,16-19,29H,8,11-12,24H2,1-4H3,(H,25,30);(H,6,7)/t16-,17+,18?,19+;/m1./s1. The maximum absolute atomic E-state index is 13.1. The smallest absolute Gasteiger partial charge is 0.475 e. The second kappa shape index (κ2) is 13.5. The topological polar surface area (TPSA) is 172 Å². The number of benzene rings is 1. The molecule has 216 valence electrons. The van der Waals surface area contributed by atoms with Crippen LogP contribution in [0.5, 0.6) is 0 Å². The normalized spacial score (nSPS) is 17.8. The Morgan fingerprint density at radius 2 is 1.69 bits per heavy atom. The molecule has 14 heteroatoms. The first-order chi connectivity index (χ1) is 18.1. The van der Waals surface area contributed by atoms with Gasteiger partial charge in [0.1, 0.15) is 6.04 Å². The number of amides is 2. The molecule has 1 aromatic carbocycles. The number of carboxylic acid groups (broad SMARTS) is 1. The molecule has 2 amide bonds. The van der Waals surface area contributed by atoms with Crippen LogP contribution < -0.4 is 11.1 Å². The zero-order valence-corrected chi connectivity index (χ0v) is 22.1. The molecule has 0 saturated carbocycles. The average Bonchev–Trinajstić information content (AvgIpc) is 3.56. The number of carboxylic acids is 1. The molecule has 1 saturated heterocycles. The summed E-state index contributed by atoms with van der Waals surface area (Å²) in [5.41, 5.74) is 6.78. The molecular weight excluding hydrogens is 523 g/mol. The van der Waals surface area contributed by atoms with E-state index in [4.69, 9.17) is 20.1 Å². The number of aliphatic hydroxyl groups is 1. The molecule has 1 aliphatic heterocycles. The monoisotopic (exact) mass is 557 g/mol. The summed E-state index contributed by atoms with van der Waals surface area (Å²) in [6, 6.07) is 7.33. The number of nitrogens with one attached hydrogen (secondary N) is 1. The fourth-order valence-corrected chi connectivity index (χ4v) is 3.86. The van der Waals surface area contributed by atoms with Gasteiger partial charge in [-0.15, -0.1) is 10.2 Å². The van der Waals surface area contributed by atoms with Crippen molar-refractivity contribution in [1.29, 1.82) is 0 Å². The molecule has 3 rings (SSSR count). The molecule has 1 aromatic heterocycles. The third-order valence-corrected chi connectivity index (χ3v) is 6.17. The molecule has 1 unspecified atom stereocenters. The number of nitrogens with two attached hydrogens (primary N) is 1. The Bertz CT molecular complexity index is 1110. The van der Waals surface area contributed by atoms with Crippen LogP contribution in [0.1, 0.15) is 52.5 Å². The van der Waals surface area contributed by atoms with E-state index in [0.717, 1.165) is 12.0 Å². The summed E-state index contributed by atoms with van der Waals surface area (Å²) >= 11 is 0. The van der Waals surface area contributed by atoms with Gasteiger partial charge >= 0.3 is 12.1 Å². The minimum absolute atomic E-state index is 0.0200. The SMILES string of the molecule is CC(C)C(NC(=O)[C@H]1CCCN1C(=O)[C@@H](N)C(C)C)[C@H](O)c1nnc(-c2ccccc2)o1.O=C(O)C(F)(F)F. The third kappa shape index (κ3) is 8.48. The van der Waals surface area contributed by atoms with Crippen molar-refractivity contribution in [2.24, 2.45) is 17.6 Å². The van der Waals surface area contributed by atoms with Crippen molar-refractivity contribution < 1.29 is 42.2 Å². The number of hydrogen-bond acceptors (Lipinski definition) is 8. The largest absolute Gasteiger partial charge is 0.490 e. The van der Waals surface area contributed by atoms with Gasteiger partial charge in [0.15, 0.2) is 6.10 Å². The van der Waals surface area contributed by atoms with Gasteiger partial charge in [0.05, 0.1) is 12.1 Å². The molecule has 0 aliphatic carbocycles. The highest BCUT2D eigenvalue weighted by Crippen LogP contribution is 2.26. The van der Waals surface area contributed by atoms with Gasteiger partial charge in [-0.3, -0.25) is 9.59 Å². The van der Waals surface area contributed by atoms with Gasteiger partial charge in [0.2, 0.25) is 23.6 Å². The van der Waals surface area contributed by atoms with E-state index in [1.54, 1.807) is 4.90 Å². The van der Waals surface area contributed by atoms with Crippen LogP contribution in [0.4, 0.5) is 13.2 Å². The molecule has 2 aromatic rings. The summed E-state index contributed by atoms with van der Waals surface area (Å²) in [5, 5.41) is 29.0. The lowest BCUT2D eigenvalue weighted by molar-refractivity contribution is -0.192. The fourth-order valence-electron chi connectivity index (χ4n) is 3.86. The number of nitrogens with zero attached hydrogens (tertiary/aromatic N) is 3. The molecule has 4 atom stereocenters. The van der Waals surface area contributed by atoms with Crippen LogP contribution in [0.3, 0.4) is 0 Å². The first-order valence-corrected chi connectivity index (χ1v) is 12.4. The van der Waals surface area contributed by atoms with Gasteiger partial charge in [0, 0.05) is 12.1 Å². The Labute approximate surface area is 223 Å². The van der Waals surface area contributed by atoms with Crippen LogP contribution in [0.2, 0.25) is 0 Å². The maximum atomic E-state index is 13.1. The summed E-state index contributed by atoms with van der Waals surface area (Å²) in [5.74, 6) is -3.10. The minimum Gasteiger partial charge on any atom is -0.475 e. The van der Waals surface area contributed by atoms with Gasteiger partial charge in [-0.1, -0.05) is 45.9 Å². The number of likely N-dealkylation sites (tertiary alicyclic amines) is 1. The first-order valence-electron chi connectivity index (χ1n) is 12.4. The average molecular weight is 558 g/mol. The Morgan fingerprint density at radius 1 is 1.10 bits per heavy atom. The van der Waals surface area contributed by atoms with Crippen LogP contribution in [-0.4, -0.2) is 73.9 Å². The Balaban J connectivity index is 0.000000673. The van der Waals surface area contributed by atoms with E-state index in [1.165, 1.54) is 0 Å². The lowest BCUT2D eigenvalue weighted by Gasteiger charge is -2.31. The summed E-state index contributed by atoms with van der Waals surface area (Å²) < 4.78 is 37.4. The van der Waals surface area contributed by atoms with Gasteiger partial charge in [0.25, 0.3) is 0 Å². The quantitative estimate of drug-likeness (QED) is 0.380. The summed E-state index contributed by atoms with van der Waals surface area (Å²) in [6.45, 7) is 8.03.